The van der Waals surface area contributed by atoms with Crippen LogP contribution in [0.3, 0.4) is 0 Å². The van der Waals surface area contributed by atoms with Crippen LogP contribution in [0.1, 0.15) is 10.4 Å². The highest BCUT2D eigenvalue weighted by Crippen LogP contribution is 2.20. The molecule has 0 atom stereocenters. The number of sulfonamides is 1. The van der Waals surface area contributed by atoms with E-state index in [4.69, 9.17) is 0 Å². The van der Waals surface area contributed by atoms with Gasteiger partial charge in [-0.3, -0.25) is 4.79 Å². The van der Waals surface area contributed by atoms with Gasteiger partial charge in [0.25, 0.3) is 0 Å². The number of piperazine rings is 1. The molecular weight excluding hydrogens is 252 g/mol. The Bertz CT molecular complexity index is 534. The molecule has 0 saturated carbocycles. The summed E-state index contributed by atoms with van der Waals surface area (Å²) in [5.41, 5.74) is 0.219. The van der Waals surface area contributed by atoms with Gasteiger partial charge in [-0.25, -0.2) is 8.42 Å². The average molecular weight is 268 g/mol. The van der Waals surface area contributed by atoms with Crippen molar-refractivity contribution in [2.75, 3.05) is 33.2 Å². The van der Waals surface area contributed by atoms with Crippen molar-refractivity contribution in [3.63, 3.8) is 0 Å². The molecule has 1 aliphatic rings. The fourth-order valence-corrected chi connectivity index (χ4v) is 3.57. The Balaban J connectivity index is 2.33. The number of aldehydes is 1. The number of carbonyl (C=O) groups is 1. The summed E-state index contributed by atoms with van der Waals surface area (Å²) in [5, 5.41) is 0. The van der Waals surface area contributed by atoms with Crippen molar-refractivity contribution < 1.29 is 13.2 Å². The van der Waals surface area contributed by atoms with Crippen molar-refractivity contribution >= 4 is 16.3 Å². The van der Waals surface area contributed by atoms with Gasteiger partial charge in [-0.15, -0.1) is 0 Å². The van der Waals surface area contributed by atoms with Crippen LogP contribution in [-0.4, -0.2) is 57.1 Å². The third-order valence-electron chi connectivity index (χ3n) is 3.13. The predicted octanol–water partition coefficient (Wildman–Crippen LogP) is 0.435. The zero-order valence-corrected chi connectivity index (χ0v) is 11.1. The molecule has 1 fully saturated rings. The lowest BCUT2D eigenvalue weighted by Gasteiger charge is -2.31. The number of benzene rings is 1. The molecule has 1 heterocycles. The van der Waals surface area contributed by atoms with Crippen LogP contribution in [-0.2, 0) is 10.0 Å². The second kappa shape index (κ2) is 5.17. The van der Waals surface area contributed by atoms with Gasteiger partial charge in [0.05, 0.1) is 4.90 Å². The van der Waals surface area contributed by atoms with Crippen LogP contribution in [0.5, 0.6) is 0 Å². The van der Waals surface area contributed by atoms with E-state index in [9.17, 15) is 13.2 Å². The van der Waals surface area contributed by atoms with Crippen molar-refractivity contribution in [2.45, 2.75) is 4.90 Å². The Morgan fingerprint density at radius 3 is 2.33 bits per heavy atom. The zero-order valence-electron chi connectivity index (χ0n) is 10.2. The van der Waals surface area contributed by atoms with E-state index in [2.05, 4.69) is 4.90 Å². The Morgan fingerprint density at radius 2 is 1.72 bits per heavy atom. The minimum atomic E-state index is -3.55. The van der Waals surface area contributed by atoms with Gasteiger partial charge >= 0.3 is 0 Å². The minimum absolute atomic E-state index is 0.101. The fraction of sp³-hybridized carbons (Fsp3) is 0.417. The SMILES string of the molecule is CN1CCN(S(=O)(=O)c2ccccc2C=O)CC1. The molecule has 98 valence electrons. The first kappa shape index (κ1) is 13.2. The second-order valence-corrected chi connectivity index (χ2v) is 6.27. The molecule has 2 rings (SSSR count). The molecule has 6 heteroatoms. The first-order valence-electron chi connectivity index (χ1n) is 5.78. The van der Waals surface area contributed by atoms with Crippen LogP contribution in [0.4, 0.5) is 0 Å². The maximum absolute atomic E-state index is 12.4. The molecule has 0 N–H and O–H groups in total. The highest BCUT2D eigenvalue weighted by atomic mass is 32.2. The van der Waals surface area contributed by atoms with Gasteiger partial charge in [0.15, 0.2) is 6.29 Å². The van der Waals surface area contributed by atoms with Crippen molar-refractivity contribution in [3.05, 3.63) is 29.8 Å². The van der Waals surface area contributed by atoms with Gasteiger partial charge in [0, 0.05) is 31.7 Å². The Hall–Kier alpha value is -1.24. The summed E-state index contributed by atoms with van der Waals surface area (Å²) < 4.78 is 26.3. The lowest BCUT2D eigenvalue weighted by atomic mass is 10.2. The quantitative estimate of drug-likeness (QED) is 0.746. The summed E-state index contributed by atoms with van der Waals surface area (Å²) in [7, 11) is -1.59. The number of rotatable bonds is 3. The van der Waals surface area contributed by atoms with Crippen LogP contribution >= 0.6 is 0 Å². The summed E-state index contributed by atoms with van der Waals surface area (Å²) in [6.07, 6.45) is 0.586. The van der Waals surface area contributed by atoms with Crippen LogP contribution in [0.15, 0.2) is 29.2 Å². The Kier molecular flexibility index (Phi) is 3.79. The summed E-state index contributed by atoms with van der Waals surface area (Å²) in [6.45, 7) is 2.35. The topological polar surface area (TPSA) is 57.7 Å². The molecule has 0 spiro atoms. The predicted molar refractivity (Wildman–Crippen MR) is 68.1 cm³/mol. The van der Waals surface area contributed by atoms with E-state index in [0.717, 1.165) is 0 Å². The van der Waals surface area contributed by atoms with Gasteiger partial charge in [0.2, 0.25) is 10.0 Å². The maximum Gasteiger partial charge on any atom is 0.243 e. The van der Waals surface area contributed by atoms with E-state index in [0.29, 0.717) is 32.5 Å². The largest absolute Gasteiger partial charge is 0.304 e. The van der Waals surface area contributed by atoms with Crippen molar-refractivity contribution in [1.29, 1.82) is 0 Å². The monoisotopic (exact) mass is 268 g/mol. The normalized spacial score (nSPS) is 18.7. The molecule has 1 aromatic rings. The lowest BCUT2D eigenvalue weighted by molar-refractivity contribution is 0.112. The highest BCUT2D eigenvalue weighted by Gasteiger charge is 2.28. The summed E-state index contributed by atoms with van der Waals surface area (Å²) in [6, 6.07) is 6.30. The number of carbonyl (C=O) groups excluding carboxylic acids is 1. The number of likely N-dealkylation sites (N-methyl/N-ethyl adjacent to an activating group) is 1. The van der Waals surface area contributed by atoms with Crippen LogP contribution in [0.2, 0.25) is 0 Å². The van der Waals surface area contributed by atoms with E-state index >= 15 is 0 Å². The maximum atomic E-state index is 12.4. The first-order chi connectivity index (χ1) is 8.55. The van der Waals surface area contributed by atoms with Gasteiger partial charge < -0.3 is 4.90 Å². The van der Waals surface area contributed by atoms with E-state index in [-0.39, 0.29) is 10.5 Å². The van der Waals surface area contributed by atoms with Crippen molar-refractivity contribution in [2.24, 2.45) is 0 Å². The third-order valence-corrected chi connectivity index (χ3v) is 5.10. The molecular formula is C12H16N2O3S. The molecule has 0 aliphatic carbocycles. The van der Waals surface area contributed by atoms with Crippen molar-refractivity contribution in [1.82, 2.24) is 9.21 Å². The molecule has 1 saturated heterocycles. The molecule has 1 aliphatic heterocycles. The molecule has 0 aromatic heterocycles. The van der Waals surface area contributed by atoms with Gasteiger partial charge in [-0.2, -0.15) is 4.31 Å². The van der Waals surface area contributed by atoms with E-state index < -0.39 is 10.0 Å². The lowest BCUT2D eigenvalue weighted by Crippen LogP contribution is -2.47. The van der Waals surface area contributed by atoms with E-state index in [1.54, 1.807) is 12.1 Å². The van der Waals surface area contributed by atoms with E-state index in [1.165, 1.54) is 16.4 Å². The number of hydrogen-bond donors (Lipinski definition) is 0. The Morgan fingerprint density at radius 1 is 1.11 bits per heavy atom. The zero-order chi connectivity index (χ0) is 13.2. The number of nitrogens with zero attached hydrogens (tertiary/aromatic N) is 2. The molecule has 0 radical (unpaired) electrons. The highest BCUT2D eigenvalue weighted by molar-refractivity contribution is 7.89. The van der Waals surface area contributed by atoms with Gasteiger partial charge in [-0.1, -0.05) is 18.2 Å². The molecule has 0 amide bonds. The van der Waals surface area contributed by atoms with Gasteiger partial charge in [-0.05, 0) is 13.1 Å². The summed E-state index contributed by atoms with van der Waals surface area (Å²) in [4.78, 5) is 13.1. The third kappa shape index (κ3) is 2.45. The standard InChI is InChI=1S/C12H16N2O3S/c1-13-6-8-14(9-7-13)18(16,17)12-5-3-2-4-11(12)10-15/h2-5,10H,6-9H2,1H3. The first-order valence-corrected chi connectivity index (χ1v) is 7.22. The van der Waals surface area contributed by atoms with Crippen molar-refractivity contribution in [3.8, 4) is 0 Å². The fourth-order valence-electron chi connectivity index (χ4n) is 1.98. The second-order valence-electron chi connectivity index (χ2n) is 4.36. The molecule has 0 unspecified atom stereocenters. The van der Waals surface area contributed by atoms with Crippen LogP contribution < -0.4 is 0 Å². The molecule has 18 heavy (non-hydrogen) atoms. The van der Waals surface area contributed by atoms with Crippen LogP contribution in [0, 0.1) is 0 Å². The Labute approximate surface area is 107 Å². The van der Waals surface area contributed by atoms with Gasteiger partial charge in [0.1, 0.15) is 0 Å². The van der Waals surface area contributed by atoms with E-state index in [1.807, 2.05) is 7.05 Å². The molecule has 0 bridgehead atoms. The van der Waals surface area contributed by atoms with Crippen LogP contribution in [0.25, 0.3) is 0 Å². The summed E-state index contributed by atoms with van der Waals surface area (Å²) >= 11 is 0. The molecule has 1 aromatic carbocycles. The minimum Gasteiger partial charge on any atom is -0.304 e. The average Bonchev–Trinajstić information content (AvgIpc) is 2.39. The smallest absolute Gasteiger partial charge is 0.243 e. The molecule has 5 nitrogen and oxygen atoms in total. The summed E-state index contributed by atoms with van der Waals surface area (Å²) in [5.74, 6) is 0. The number of hydrogen-bond acceptors (Lipinski definition) is 4.